The lowest BCUT2D eigenvalue weighted by atomic mass is 10.0. The van der Waals surface area contributed by atoms with E-state index in [1.54, 1.807) is 24.3 Å². The minimum atomic E-state index is -0.275. The first kappa shape index (κ1) is 28.9. The lowest BCUT2D eigenvalue weighted by Crippen LogP contribution is -2.27. The second-order valence-electron chi connectivity index (χ2n) is 10.3. The minimum absolute atomic E-state index is 0.260. The summed E-state index contributed by atoms with van der Waals surface area (Å²) >= 11 is 3.46. The Morgan fingerprint density at radius 2 is 1.39 bits per heavy atom. The van der Waals surface area contributed by atoms with Crippen molar-refractivity contribution in [1.29, 1.82) is 0 Å². The van der Waals surface area contributed by atoms with Gasteiger partial charge in [-0.05, 0) is 76.9 Å². The van der Waals surface area contributed by atoms with Gasteiger partial charge in [0.15, 0.2) is 0 Å². The molecule has 0 saturated carbocycles. The number of hydrogen-bond acceptors (Lipinski definition) is 3. The summed E-state index contributed by atoms with van der Waals surface area (Å²) in [5, 5.41) is 7.96. The molecule has 0 atom stereocenters. The first-order valence-electron chi connectivity index (χ1n) is 14.3. The Morgan fingerprint density at radius 1 is 0.659 bits per heavy atom. The molecule has 0 unspecified atom stereocenters. The molecule has 44 heavy (non-hydrogen) atoms. The Bertz CT molecular complexity index is 1940. The molecule has 0 saturated heterocycles. The summed E-state index contributed by atoms with van der Waals surface area (Å²) in [7, 11) is 0. The van der Waals surface area contributed by atoms with Crippen molar-refractivity contribution in [3.05, 3.63) is 161 Å². The fourth-order valence-corrected chi connectivity index (χ4v) is 5.38. The second-order valence-corrected chi connectivity index (χ2v) is 11.2. The maximum absolute atomic E-state index is 13.2. The van der Waals surface area contributed by atoms with Crippen molar-refractivity contribution in [3.63, 3.8) is 0 Å². The molecule has 6 heteroatoms. The van der Waals surface area contributed by atoms with Crippen LogP contribution < -0.4 is 15.4 Å². The van der Waals surface area contributed by atoms with Crippen molar-refractivity contribution in [2.24, 2.45) is 0 Å². The van der Waals surface area contributed by atoms with Crippen LogP contribution in [0.1, 0.15) is 26.3 Å². The number of carbonyl (C=O) groups excluding carboxylic acids is 2. The van der Waals surface area contributed by atoms with Crippen LogP contribution >= 0.6 is 15.9 Å². The highest BCUT2D eigenvalue weighted by molar-refractivity contribution is 9.10. The Labute approximate surface area is 264 Å². The van der Waals surface area contributed by atoms with Gasteiger partial charge in [-0.15, -0.1) is 0 Å². The third kappa shape index (κ3) is 6.88. The number of para-hydroxylation sites is 2. The molecule has 6 rings (SSSR count). The number of nitrogens with one attached hydrogen (secondary N) is 2. The van der Waals surface area contributed by atoms with Crippen molar-refractivity contribution in [2.75, 3.05) is 11.9 Å². The van der Waals surface area contributed by atoms with E-state index < -0.39 is 0 Å². The van der Waals surface area contributed by atoms with E-state index in [4.69, 9.17) is 4.74 Å². The van der Waals surface area contributed by atoms with Gasteiger partial charge in [-0.25, -0.2) is 0 Å². The maximum Gasteiger partial charge on any atom is 0.255 e. The number of rotatable bonds is 9. The predicted molar refractivity (Wildman–Crippen MR) is 180 cm³/mol. The van der Waals surface area contributed by atoms with Crippen molar-refractivity contribution < 1.29 is 14.3 Å². The molecular formula is C38H29BrN2O3. The molecule has 0 aliphatic heterocycles. The summed E-state index contributed by atoms with van der Waals surface area (Å²) in [6.07, 6.45) is 0.654. The third-order valence-corrected chi connectivity index (χ3v) is 7.80. The van der Waals surface area contributed by atoms with E-state index in [1.165, 1.54) is 0 Å². The van der Waals surface area contributed by atoms with Gasteiger partial charge in [-0.3, -0.25) is 9.59 Å². The van der Waals surface area contributed by atoms with E-state index in [0.717, 1.165) is 43.4 Å². The largest absolute Gasteiger partial charge is 0.457 e. The average molecular weight is 642 g/mol. The van der Waals surface area contributed by atoms with E-state index >= 15 is 0 Å². The standard InChI is InChI=1S/C38H29BrN2O3/c39-31-20-21-35(41-37(42)30-19-18-27-8-4-5-9-29(27)24-30)34(25-31)38(43)40-23-22-26-14-16-28(17-15-26)33-12-6-7-13-36(33)44-32-10-2-1-3-11-32/h1-21,24-25H,22-23H2,(H,40,43)(H,41,42). The van der Waals surface area contributed by atoms with Crippen molar-refractivity contribution in [2.45, 2.75) is 6.42 Å². The van der Waals surface area contributed by atoms with E-state index in [-0.39, 0.29) is 11.8 Å². The highest BCUT2D eigenvalue weighted by Crippen LogP contribution is 2.33. The van der Waals surface area contributed by atoms with E-state index in [9.17, 15) is 9.59 Å². The van der Waals surface area contributed by atoms with Gasteiger partial charge in [0.1, 0.15) is 11.5 Å². The number of fused-ring (bicyclic) bond motifs is 1. The topological polar surface area (TPSA) is 67.4 Å². The molecule has 0 radical (unpaired) electrons. The van der Waals surface area contributed by atoms with Gasteiger partial charge >= 0.3 is 0 Å². The zero-order valence-corrected chi connectivity index (χ0v) is 25.4. The zero-order valence-electron chi connectivity index (χ0n) is 23.8. The minimum Gasteiger partial charge on any atom is -0.457 e. The van der Waals surface area contributed by atoms with E-state index in [1.807, 2.05) is 91.0 Å². The fraction of sp³-hybridized carbons (Fsp3) is 0.0526. The SMILES string of the molecule is O=C(Nc1ccc(Br)cc1C(=O)NCCc1ccc(-c2ccccc2Oc2ccccc2)cc1)c1ccc2ccccc2c1. The van der Waals surface area contributed by atoms with Gasteiger partial charge in [0, 0.05) is 22.1 Å². The lowest BCUT2D eigenvalue weighted by Gasteiger charge is -2.13. The van der Waals surface area contributed by atoms with Crippen LogP contribution in [0.5, 0.6) is 11.5 Å². The van der Waals surface area contributed by atoms with Crippen LogP contribution in [-0.2, 0) is 6.42 Å². The monoisotopic (exact) mass is 640 g/mol. The molecular weight excluding hydrogens is 612 g/mol. The Balaban J connectivity index is 1.09. The zero-order chi connectivity index (χ0) is 30.3. The number of ether oxygens (including phenoxy) is 1. The van der Waals surface area contributed by atoms with Crippen LogP contribution in [0, 0.1) is 0 Å². The van der Waals surface area contributed by atoms with Crippen LogP contribution in [0.25, 0.3) is 21.9 Å². The van der Waals surface area contributed by atoms with Crippen LogP contribution in [0.2, 0.25) is 0 Å². The van der Waals surface area contributed by atoms with Crippen molar-refractivity contribution in [1.82, 2.24) is 5.32 Å². The fourth-order valence-electron chi connectivity index (χ4n) is 5.01. The molecule has 6 aromatic carbocycles. The molecule has 0 aliphatic rings. The highest BCUT2D eigenvalue weighted by Gasteiger charge is 2.16. The highest BCUT2D eigenvalue weighted by atomic mass is 79.9. The smallest absolute Gasteiger partial charge is 0.255 e. The molecule has 0 aromatic heterocycles. The van der Waals surface area contributed by atoms with Crippen molar-refractivity contribution in [3.8, 4) is 22.6 Å². The summed E-state index contributed by atoms with van der Waals surface area (Å²) in [6.45, 7) is 0.441. The van der Waals surface area contributed by atoms with Gasteiger partial charge in [-0.1, -0.05) is 107 Å². The lowest BCUT2D eigenvalue weighted by molar-refractivity contribution is 0.0955. The normalized spacial score (nSPS) is 10.8. The van der Waals surface area contributed by atoms with Gasteiger partial charge in [-0.2, -0.15) is 0 Å². The van der Waals surface area contributed by atoms with Crippen LogP contribution in [-0.4, -0.2) is 18.4 Å². The predicted octanol–water partition coefficient (Wildman–Crippen LogP) is 9.29. The van der Waals surface area contributed by atoms with Gasteiger partial charge in [0.2, 0.25) is 0 Å². The molecule has 2 N–H and O–H groups in total. The molecule has 5 nitrogen and oxygen atoms in total. The number of carbonyl (C=O) groups is 2. The Morgan fingerprint density at radius 3 is 2.20 bits per heavy atom. The number of amides is 2. The second kappa shape index (κ2) is 13.4. The maximum atomic E-state index is 13.2. The Hall–Kier alpha value is -5.20. The van der Waals surface area contributed by atoms with Crippen LogP contribution in [0.15, 0.2) is 144 Å². The van der Waals surface area contributed by atoms with E-state index in [2.05, 4.69) is 50.8 Å². The Kier molecular flexibility index (Phi) is 8.80. The van der Waals surface area contributed by atoms with Gasteiger partial charge < -0.3 is 15.4 Å². The summed E-state index contributed by atoms with van der Waals surface area (Å²) in [6, 6.07) is 44.7. The van der Waals surface area contributed by atoms with E-state index in [0.29, 0.717) is 29.8 Å². The molecule has 0 bridgehead atoms. The average Bonchev–Trinajstić information content (AvgIpc) is 3.06. The van der Waals surface area contributed by atoms with Gasteiger partial charge in [0.25, 0.3) is 11.8 Å². The molecule has 0 fully saturated rings. The summed E-state index contributed by atoms with van der Waals surface area (Å²) in [4.78, 5) is 26.3. The number of hydrogen-bond donors (Lipinski definition) is 2. The molecule has 0 aliphatic carbocycles. The first-order valence-corrected chi connectivity index (χ1v) is 15.1. The summed E-state index contributed by atoms with van der Waals surface area (Å²) < 4.78 is 6.88. The summed E-state index contributed by atoms with van der Waals surface area (Å²) in [5.41, 5.74) is 4.50. The van der Waals surface area contributed by atoms with Crippen LogP contribution in [0.4, 0.5) is 5.69 Å². The number of benzene rings is 6. The molecule has 216 valence electrons. The van der Waals surface area contributed by atoms with Gasteiger partial charge in [0.05, 0.1) is 11.3 Å². The molecule has 0 spiro atoms. The molecule has 6 aromatic rings. The van der Waals surface area contributed by atoms with Crippen molar-refractivity contribution >= 4 is 44.2 Å². The molecule has 0 heterocycles. The molecule has 2 amide bonds. The van der Waals surface area contributed by atoms with Crippen LogP contribution in [0.3, 0.4) is 0 Å². The number of halogens is 1. The quantitative estimate of drug-likeness (QED) is 0.165. The third-order valence-electron chi connectivity index (χ3n) is 7.31. The summed E-state index contributed by atoms with van der Waals surface area (Å²) in [5.74, 6) is 1.04. The number of anilines is 1. The first-order chi connectivity index (χ1) is 21.5.